The van der Waals surface area contributed by atoms with Gasteiger partial charge >= 0.3 is 6.09 Å². The Morgan fingerprint density at radius 3 is 2.63 bits per heavy atom. The van der Waals surface area contributed by atoms with Crippen LogP contribution >= 0.6 is 15.9 Å². The average molecular weight is 472 g/mol. The van der Waals surface area contributed by atoms with Gasteiger partial charge in [0.25, 0.3) is 5.91 Å². The van der Waals surface area contributed by atoms with Crippen molar-refractivity contribution in [2.24, 2.45) is 0 Å². The standard InChI is InChI=1S/C23H26BrN3O3/c1-3-30-23(29)26-12-10-17(11-13-26)27-21(18-6-4-5-7-19(18)22(27)28)25-16-8-9-20(24)15(2)14-16/h4-9,14,17,21,25H,3,10-13H2,1-2H3/t21-/m1/s1. The first-order chi connectivity index (χ1) is 14.5. The summed E-state index contributed by atoms with van der Waals surface area (Å²) in [5.74, 6) is 0.0477. The lowest BCUT2D eigenvalue weighted by molar-refractivity contribution is 0.0496. The summed E-state index contributed by atoms with van der Waals surface area (Å²) in [6, 6.07) is 14.0. The monoisotopic (exact) mass is 471 g/mol. The van der Waals surface area contributed by atoms with E-state index in [2.05, 4.69) is 27.3 Å². The van der Waals surface area contributed by atoms with Crippen LogP contribution in [0.25, 0.3) is 0 Å². The Bertz CT molecular complexity index is 956. The molecule has 30 heavy (non-hydrogen) atoms. The van der Waals surface area contributed by atoms with Gasteiger partial charge in [-0.1, -0.05) is 34.1 Å². The molecule has 2 aromatic carbocycles. The Morgan fingerprint density at radius 2 is 1.93 bits per heavy atom. The number of benzene rings is 2. The van der Waals surface area contributed by atoms with Gasteiger partial charge in [0.1, 0.15) is 6.17 Å². The van der Waals surface area contributed by atoms with Gasteiger partial charge in [-0.2, -0.15) is 0 Å². The average Bonchev–Trinajstić information content (AvgIpc) is 3.03. The SMILES string of the molecule is CCOC(=O)N1CCC(N2C(=O)c3ccccc3[C@@H]2Nc2ccc(Br)c(C)c2)CC1. The maximum absolute atomic E-state index is 13.3. The van der Waals surface area contributed by atoms with Crippen LogP contribution in [0.3, 0.4) is 0 Å². The van der Waals surface area contributed by atoms with Crippen molar-refractivity contribution in [1.29, 1.82) is 0 Å². The minimum atomic E-state index is -0.271. The highest BCUT2D eigenvalue weighted by Gasteiger charge is 2.42. The van der Waals surface area contributed by atoms with Gasteiger partial charge < -0.3 is 19.9 Å². The Balaban J connectivity index is 1.57. The topological polar surface area (TPSA) is 61.9 Å². The second-order valence-electron chi connectivity index (χ2n) is 7.73. The van der Waals surface area contributed by atoms with Crippen molar-refractivity contribution in [1.82, 2.24) is 9.80 Å². The van der Waals surface area contributed by atoms with E-state index in [0.717, 1.165) is 39.7 Å². The summed E-state index contributed by atoms with van der Waals surface area (Å²) in [6.45, 7) is 5.41. The highest BCUT2D eigenvalue weighted by atomic mass is 79.9. The minimum Gasteiger partial charge on any atom is -0.450 e. The summed E-state index contributed by atoms with van der Waals surface area (Å²) in [5.41, 5.74) is 3.85. The molecule has 0 saturated carbocycles. The summed E-state index contributed by atoms with van der Waals surface area (Å²) >= 11 is 3.55. The zero-order valence-corrected chi connectivity index (χ0v) is 18.8. The quantitative estimate of drug-likeness (QED) is 0.685. The fourth-order valence-corrected chi connectivity index (χ4v) is 4.54. The molecule has 1 saturated heterocycles. The third-order valence-electron chi connectivity index (χ3n) is 5.84. The minimum absolute atomic E-state index is 0.0477. The molecule has 0 unspecified atom stereocenters. The number of nitrogens with zero attached hydrogens (tertiary/aromatic N) is 2. The first kappa shape index (κ1) is 20.7. The molecule has 1 N–H and O–H groups in total. The second-order valence-corrected chi connectivity index (χ2v) is 8.58. The van der Waals surface area contributed by atoms with Crippen molar-refractivity contribution in [2.75, 3.05) is 25.0 Å². The third-order valence-corrected chi connectivity index (χ3v) is 6.73. The van der Waals surface area contributed by atoms with E-state index in [-0.39, 0.29) is 24.2 Å². The van der Waals surface area contributed by atoms with Crippen LogP contribution in [0, 0.1) is 6.92 Å². The van der Waals surface area contributed by atoms with Gasteiger partial charge in [0.2, 0.25) is 0 Å². The summed E-state index contributed by atoms with van der Waals surface area (Å²) in [4.78, 5) is 29.0. The van der Waals surface area contributed by atoms with E-state index in [4.69, 9.17) is 4.74 Å². The second kappa shape index (κ2) is 8.68. The molecule has 0 aromatic heterocycles. The number of carbonyl (C=O) groups excluding carboxylic acids is 2. The van der Waals surface area contributed by atoms with Gasteiger partial charge in [-0.05, 0) is 56.5 Å². The third kappa shape index (κ3) is 3.90. The molecule has 158 valence electrons. The van der Waals surface area contributed by atoms with Gasteiger partial charge in [0.05, 0.1) is 6.61 Å². The molecule has 2 aliphatic rings. The number of likely N-dealkylation sites (tertiary alicyclic amines) is 1. The molecule has 2 aromatic rings. The molecule has 0 aliphatic carbocycles. The van der Waals surface area contributed by atoms with Crippen molar-refractivity contribution in [3.8, 4) is 0 Å². The van der Waals surface area contributed by atoms with Crippen molar-refractivity contribution in [3.63, 3.8) is 0 Å². The number of carbonyl (C=O) groups is 2. The molecule has 0 spiro atoms. The number of amides is 2. The number of rotatable bonds is 4. The van der Waals surface area contributed by atoms with E-state index in [1.165, 1.54) is 0 Å². The lowest BCUT2D eigenvalue weighted by Gasteiger charge is -2.39. The van der Waals surface area contributed by atoms with Crippen LogP contribution in [0.15, 0.2) is 46.9 Å². The number of ether oxygens (including phenoxy) is 1. The van der Waals surface area contributed by atoms with Crippen LogP contribution in [0.4, 0.5) is 10.5 Å². The maximum atomic E-state index is 13.3. The normalized spacial score (nSPS) is 19.0. The molecule has 0 radical (unpaired) electrons. The lowest BCUT2D eigenvalue weighted by Crippen LogP contribution is -2.49. The Morgan fingerprint density at radius 1 is 1.20 bits per heavy atom. The number of halogens is 1. The van der Waals surface area contributed by atoms with E-state index < -0.39 is 0 Å². The number of aryl methyl sites for hydroxylation is 1. The number of nitrogens with one attached hydrogen (secondary N) is 1. The van der Waals surface area contributed by atoms with E-state index in [1.807, 2.05) is 55.1 Å². The molecular weight excluding hydrogens is 446 g/mol. The predicted molar refractivity (Wildman–Crippen MR) is 119 cm³/mol. The molecule has 2 amide bonds. The zero-order chi connectivity index (χ0) is 21.3. The van der Waals surface area contributed by atoms with E-state index in [0.29, 0.717) is 19.7 Å². The van der Waals surface area contributed by atoms with Crippen LogP contribution in [-0.2, 0) is 4.74 Å². The summed E-state index contributed by atoms with van der Waals surface area (Å²) in [6.07, 6.45) is 0.965. The first-order valence-corrected chi connectivity index (χ1v) is 11.1. The van der Waals surface area contributed by atoms with Gasteiger partial charge in [-0.3, -0.25) is 4.79 Å². The van der Waals surface area contributed by atoms with E-state index in [1.54, 1.807) is 4.90 Å². The maximum Gasteiger partial charge on any atom is 0.409 e. The van der Waals surface area contributed by atoms with Crippen LogP contribution in [0.1, 0.15) is 47.4 Å². The van der Waals surface area contributed by atoms with E-state index >= 15 is 0 Å². The van der Waals surface area contributed by atoms with Crippen molar-refractivity contribution in [2.45, 2.75) is 38.9 Å². The number of hydrogen-bond donors (Lipinski definition) is 1. The molecule has 2 aliphatic heterocycles. The zero-order valence-electron chi connectivity index (χ0n) is 17.2. The molecule has 4 rings (SSSR count). The summed E-state index contributed by atoms with van der Waals surface area (Å²) in [7, 11) is 0. The van der Waals surface area contributed by atoms with Crippen LogP contribution < -0.4 is 5.32 Å². The highest BCUT2D eigenvalue weighted by Crippen LogP contribution is 2.38. The Kier molecular flexibility index (Phi) is 5.99. The Hall–Kier alpha value is -2.54. The fraction of sp³-hybridized carbons (Fsp3) is 0.391. The number of anilines is 1. The molecule has 1 fully saturated rings. The van der Waals surface area contributed by atoms with Crippen LogP contribution in [0.5, 0.6) is 0 Å². The molecule has 0 bridgehead atoms. The Labute approximate surface area is 185 Å². The van der Waals surface area contributed by atoms with Gasteiger partial charge in [-0.25, -0.2) is 4.79 Å². The van der Waals surface area contributed by atoms with Gasteiger partial charge in [0.15, 0.2) is 0 Å². The van der Waals surface area contributed by atoms with Crippen molar-refractivity contribution in [3.05, 3.63) is 63.6 Å². The molecule has 7 heteroatoms. The first-order valence-electron chi connectivity index (χ1n) is 10.4. The number of hydrogen-bond acceptors (Lipinski definition) is 4. The molecule has 1 atom stereocenters. The van der Waals surface area contributed by atoms with Crippen LogP contribution in [-0.4, -0.2) is 47.5 Å². The molecule has 2 heterocycles. The molecule has 6 nitrogen and oxygen atoms in total. The smallest absolute Gasteiger partial charge is 0.409 e. The van der Waals surface area contributed by atoms with E-state index in [9.17, 15) is 9.59 Å². The largest absolute Gasteiger partial charge is 0.450 e. The predicted octanol–water partition coefficient (Wildman–Crippen LogP) is 4.94. The fourth-order valence-electron chi connectivity index (χ4n) is 4.29. The number of fused-ring (bicyclic) bond motifs is 1. The van der Waals surface area contributed by atoms with Crippen molar-refractivity contribution >= 4 is 33.6 Å². The lowest BCUT2D eigenvalue weighted by atomic mass is 10.0. The van der Waals surface area contributed by atoms with Crippen molar-refractivity contribution < 1.29 is 14.3 Å². The number of piperidine rings is 1. The van der Waals surface area contributed by atoms with Crippen LogP contribution in [0.2, 0.25) is 0 Å². The highest BCUT2D eigenvalue weighted by molar-refractivity contribution is 9.10. The summed E-state index contributed by atoms with van der Waals surface area (Å²) < 4.78 is 6.18. The van der Waals surface area contributed by atoms with Gasteiger partial charge in [-0.15, -0.1) is 0 Å². The molecular formula is C23H26BrN3O3. The summed E-state index contributed by atoms with van der Waals surface area (Å²) in [5, 5.41) is 3.58. The van der Waals surface area contributed by atoms with Gasteiger partial charge in [0, 0.05) is 40.4 Å².